The van der Waals surface area contributed by atoms with Crippen molar-refractivity contribution in [3.05, 3.63) is 41.7 Å². The summed E-state index contributed by atoms with van der Waals surface area (Å²) in [4.78, 5) is 22.4. The number of benzene rings is 1. The average molecular weight is 234 g/mol. The Hall–Kier alpha value is -2.10. The molecule has 0 bridgehead atoms. The van der Waals surface area contributed by atoms with Crippen LogP contribution < -0.4 is 0 Å². The molecular weight excluding hydrogens is 220 g/mol. The molecule has 0 saturated heterocycles. The molecule has 1 rings (SSSR count). The monoisotopic (exact) mass is 234 g/mol. The van der Waals surface area contributed by atoms with E-state index in [1.54, 1.807) is 12.1 Å². The van der Waals surface area contributed by atoms with Gasteiger partial charge in [0.05, 0.1) is 7.11 Å². The first kappa shape index (κ1) is 13.0. The van der Waals surface area contributed by atoms with Crippen molar-refractivity contribution in [1.29, 1.82) is 0 Å². The van der Waals surface area contributed by atoms with Gasteiger partial charge in [0, 0.05) is 6.92 Å². The Morgan fingerprint density at radius 3 is 2.41 bits per heavy atom. The number of carbonyl (C=O) groups is 2. The molecule has 90 valence electrons. The average Bonchev–Trinajstić information content (AvgIpc) is 2.30. The van der Waals surface area contributed by atoms with Crippen LogP contribution in [0.4, 0.5) is 0 Å². The van der Waals surface area contributed by atoms with Gasteiger partial charge in [0.2, 0.25) is 0 Å². The maximum Gasteiger partial charge on any atom is 0.341 e. The minimum atomic E-state index is -0.541. The summed E-state index contributed by atoms with van der Waals surface area (Å²) in [5.41, 5.74) is 1.80. The number of hydrogen-bond donors (Lipinski definition) is 0. The number of carbonyl (C=O) groups excluding carboxylic acids is 2. The van der Waals surface area contributed by atoms with Crippen LogP contribution in [0.15, 0.2) is 30.5 Å². The Morgan fingerprint density at radius 2 is 1.88 bits per heavy atom. The molecule has 1 aromatic carbocycles. The molecule has 0 aliphatic carbocycles. The van der Waals surface area contributed by atoms with Crippen molar-refractivity contribution in [3.63, 3.8) is 0 Å². The van der Waals surface area contributed by atoms with Crippen LogP contribution in [0, 0.1) is 6.92 Å². The maximum atomic E-state index is 11.6. The van der Waals surface area contributed by atoms with Gasteiger partial charge < -0.3 is 9.47 Å². The lowest BCUT2D eigenvalue weighted by Gasteiger charge is -2.08. The molecule has 0 N–H and O–H groups in total. The molecular formula is C13H14O4. The Labute approximate surface area is 99.8 Å². The molecule has 0 radical (unpaired) electrons. The van der Waals surface area contributed by atoms with E-state index in [0.29, 0.717) is 5.56 Å². The van der Waals surface area contributed by atoms with Gasteiger partial charge in [0.25, 0.3) is 0 Å². The van der Waals surface area contributed by atoms with Crippen LogP contribution in [0.2, 0.25) is 0 Å². The fraction of sp³-hybridized carbons (Fsp3) is 0.231. The highest BCUT2D eigenvalue weighted by atomic mass is 16.5. The van der Waals surface area contributed by atoms with Crippen molar-refractivity contribution in [2.45, 2.75) is 13.8 Å². The summed E-state index contributed by atoms with van der Waals surface area (Å²) in [5, 5.41) is 0. The van der Waals surface area contributed by atoms with Crippen molar-refractivity contribution >= 4 is 17.5 Å². The van der Waals surface area contributed by atoms with Gasteiger partial charge in [-0.15, -0.1) is 0 Å². The zero-order chi connectivity index (χ0) is 12.8. The first-order chi connectivity index (χ1) is 8.06. The topological polar surface area (TPSA) is 52.6 Å². The Morgan fingerprint density at radius 1 is 1.24 bits per heavy atom. The number of hydrogen-bond acceptors (Lipinski definition) is 4. The molecule has 4 nitrogen and oxygen atoms in total. The third kappa shape index (κ3) is 3.45. The standard InChI is InChI=1S/C13H14O4/c1-9-6-4-5-7-11(9)12(13(15)16-3)8-17-10(2)14/h4-8H,1-3H3/b12-8+. The van der Waals surface area contributed by atoms with E-state index >= 15 is 0 Å². The first-order valence-corrected chi connectivity index (χ1v) is 5.08. The van der Waals surface area contributed by atoms with Crippen molar-refractivity contribution in [2.24, 2.45) is 0 Å². The lowest BCUT2D eigenvalue weighted by Crippen LogP contribution is -2.06. The fourth-order valence-electron chi connectivity index (χ4n) is 1.35. The van der Waals surface area contributed by atoms with Crippen LogP contribution in [-0.4, -0.2) is 19.0 Å². The minimum Gasteiger partial charge on any atom is -0.465 e. The van der Waals surface area contributed by atoms with Crippen LogP contribution >= 0.6 is 0 Å². The van der Waals surface area contributed by atoms with Gasteiger partial charge in [-0.25, -0.2) is 4.79 Å². The van der Waals surface area contributed by atoms with E-state index < -0.39 is 11.9 Å². The van der Waals surface area contributed by atoms with E-state index in [1.165, 1.54) is 14.0 Å². The maximum absolute atomic E-state index is 11.6. The van der Waals surface area contributed by atoms with Crippen molar-refractivity contribution in [1.82, 2.24) is 0 Å². The summed E-state index contributed by atoms with van der Waals surface area (Å²) in [6.07, 6.45) is 1.12. The Balaban J connectivity index is 3.15. The summed E-state index contributed by atoms with van der Waals surface area (Å²) in [5.74, 6) is -1.03. The van der Waals surface area contributed by atoms with Crippen molar-refractivity contribution in [3.8, 4) is 0 Å². The predicted octanol–water partition coefficient (Wildman–Crippen LogP) is 2.07. The lowest BCUT2D eigenvalue weighted by atomic mass is 10.0. The molecule has 0 heterocycles. The fourth-order valence-corrected chi connectivity index (χ4v) is 1.35. The molecule has 0 spiro atoms. The highest BCUT2D eigenvalue weighted by molar-refractivity contribution is 6.16. The van der Waals surface area contributed by atoms with Crippen molar-refractivity contribution < 1.29 is 19.1 Å². The van der Waals surface area contributed by atoms with E-state index in [9.17, 15) is 9.59 Å². The Bertz CT molecular complexity index is 460. The van der Waals surface area contributed by atoms with Gasteiger partial charge in [-0.2, -0.15) is 0 Å². The molecule has 17 heavy (non-hydrogen) atoms. The van der Waals surface area contributed by atoms with Crippen LogP contribution in [0.1, 0.15) is 18.1 Å². The second kappa shape index (κ2) is 5.84. The summed E-state index contributed by atoms with van der Waals surface area (Å²) >= 11 is 0. The normalized spacial score (nSPS) is 10.9. The summed E-state index contributed by atoms with van der Waals surface area (Å²) < 4.78 is 9.39. The van der Waals surface area contributed by atoms with Gasteiger partial charge in [0.15, 0.2) is 0 Å². The van der Waals surface area contributed by atoms with Crippen LogP contribution in [0.3, 0.4) is 0 Å². The van der Waals surface area contributed by atoms with Gasteiger partial charge in [0.1, 0.15) is 11.8 Å². The SMILES string of the molecule is COC(=O)/C(=C/OC(C)=O)c1ccccc1C. The number of esters is 2. The van der Waals surface area contributed by atoms with Gasteiger partial charge in [-0.1, -0.05) is 24.3 Å². The summed E-state index contributed by atoms with van der Waals surface area (Å²) in [6, 6.07) is 7.29. The van der Waals surface area contributed by atoms with E-state index in [1.807, 2.05) is 19.1 Å². The zero-order valence-corrected chi connectivity index (χ0v) is 10.0. The van der Waals surface area contributed by atoms with E-state index in [4.69, 9.17) is 4.74 Å². The molecule has 0 aromatic heterocycles. The molecule has 0 unspecified atom stereocenters. The highest BCUT2D eigenvalue weighted by Gasteiger charge is 2.15. The predicted molar refractivity (Wildman–Crippen MR) is 62.9 cm³/mol. The van der Waals surface area contributed by atoms with E-state index in [0.717, 1.165) is 11.8 Å². The van der Waals surface area contributed by atoms with E-state index in [-0.39, 0.29) is 5.57 Å². The number of rotatable bonds is 3. The van der Waals surface area contributed by atoms with Crippen LogP contribution in [0.25, 0.3) is 5.57 Å². The Kier molecular flexibility index (Phi) is 4.46. The third-order valence-electron chi connectivity index (χ3n) is 2.18. The van der Waals surface area contributed by atoms with E-state index in [2.05, 4.69) is 4.74 Å². The summed E-state index contributed by atoms with van der Waals surface area (Å²) in [7, 11) is 1.28. The second-order valence-corrected chi connectivity index (χ2v) is 3.45. The third-order valence-corrected chi connectivity index (χ3v) is 2.18. The molecule has 0 amide bonds. The lowest BCUT2D eigenvalue weighted by molar-refractivity contribution is -0.135. The molecule has 0 aliphatic rings. The van der Waals surface area contributed by atoms with Gasteiger partial charge in [-0.3, -0.25) is 4.79 Å². The van der Waals surface area contributed by atoms with Gasteiger partial charge in [-0.05, 0) is 18.1 Å². The highest BCUT2D eigenvalue weighted by Crippen LogP contribution is 2.20. The smallest absolute Gasteiger partial charge is 0.341 e. The molecule has 0 aliphatic heterocycles. The minimum absolute atomic E-state index is 0.223. The largest absolute Gasteiger partial charge is 0.465 e. The quantitative estimate of drug-likeness (QED) is 0.456. The van der Waals surface area contributed by atoms with Gasteiger partial charge >= 0.3 is 11.9 Å². The summed E-state index contributed by atoms with van der Waals surface area (Å²) in [6.45, 7) is 3.13. The second-order valence-electron chi connectivity index (χ2n) is 3.45. The molecule has 1 aromatic rings. The molecule has 0 fully saturated rings. The van der Waals surface area contributed by atoms with Crippen LogP contribution in [-0.2, 0) is 19.1 Å². The zero-order valence-electron chi connectivity index (χ0n) is 10.0. The van der Waals surface area contributed by atoms with Crippen LogP contribution in [0.5, 0.6) is 0 Å². The number of methoxy groups -OCH3 is 1. The van der Waals surface area contributed by atoms with Crippen molar-refractivity contribution in [2.75, 3.05) is 7.11 Å². The first-order valence-electron chi connectivity index (χ1n) is 5.08. The number of aryl methyl sites for hydroxylation is 1. The molecule has 4 heteroatoms. The molecule has 0 atom stereocenters. The molecule has 0 saturated carbocycles. The number of ether oxygens (including phenoxy) is 2.